The van der Waals surface area contributed by atoms with Gasteiger partial charge in [-0.1, -0.05) is 26.0 Å². The largest absolute Gasteiger partial charge is 0.424 e. The number of fused-ring (bicyclic) bond motifs is 2. The minimum Gasteiger partial charge on any atom is -0.424 e. The van der Waals surface area contributed by atoms with Gasteiger partial charge in [0.15, 0.2) is 5.58 Å². The van der Waals surface area contributed by atoms with E-state index in [-0.39, 0.29) is 6.01 Å². The van der Waals surface area contributed by atoms with Gasteiger partial charge in [0.2, 0.25) is 0 Å². The van der Waals surface area contributed by atoms with Crippen molar-refractivity contribution in [2.24, 2.45) is 5.92 Å². The molecule has 0 amide bonds. The van der Waals surface area contributed by atoms with Gasteiger partial charge < -0.3 is 24.7 Å². The van der Waals surface area contributed by atoms with Crippen LogP contribution in [-0.4, -0.2) is 59.4 Å². The maximum absolute atomic E-state index is 9.62. The summed E-state index contributed by atoms with van der Waals surface area (Å²) in [4.78, 5) is 27.9. The topological polar surface area (TPSA) is 101 Å². The number of aromatic nitrogens is 3. The third-order valence-electron chi connectivity index (χ3n) is 5.66. The molecule has 0 saturated carbocycles. The molecular formula is C25H30N6O2. The molecule has 0 bridgehead atoms. The molecule has 0 spiro atoms. The molecule has 5 rings (SSSR count). The number of carbonyl (C=O) groups is 1. The maximum Gasteiger partial charge on any atom is 0.292 e. The molecule has 1 fully saturated rings. The molecule has 2 N–H and O–H groups in total. The number of hydrogen-bond acceptors (Lipinski definition) is 8. The number of rotatable bonds is 4. The van der Waals surface area contributed by atoms with Crippen LogP contribution in [0.1, 0.15) is 20.3 Å². The zero-order valence-electron chi connectivity index (χ0n) is 19.4. The Morgan fingerprint density at radius 2 is 1.70 bits per heavy atom. The van der Waals surface area contributed by atoms with E-state index in [4.69, 9.17) is 15.1 Å². The number of anilines is 2. The van der Waals surface area contributed by atoms with Gasteiger partial charge in [-0.2, -0.15) is 4.98 Å². The standard InChI is InChI=1S/C20H20N6O.C5H10O/c1-25-6-8-26(9-7-25)19-12-22-15-4-2-13(10-16(15)23-19)14-3-5-18-17(11-14)24-20(21)27-18;1-5(2)3-4-6/h2-5,10-12H,6-9H2,1H3,(H2,21,24);4-5H,3H2,1-2H3. The number of nitrogen functional groups attached to an aromatic ring is 1. The van der Waals surface area contributed by atoms with Crippen molar-refractivity contribution in [3.8, 4) is 11.1 Å². The predicted molar refractivity (Wildman–Crippen MR) is 132 cm³/mol. The van der Waals surface area contributed by atoms with Crippen LogP contribution in [-0.2, 0) is 4.79 Å². The van der Waals surface area contributed by atoms with Gasteiger partial charge in [0.05, 0.1) is 17.2 Å². The second kappa shape index (κ2) is 9.95. The fraction of sp³-hybridized carbons (Fsp3) is 0.360. The summed E-state index contributed by atoms with van der Waals surface area (Å²) in [7, 11) is 2.15. The molecule has 2 aromatic carbocycles. The van der Waals surface area contributed by atoms with Crippen LogP contribution in [0.5, 0.6) is 0 Å². The molecule has 172 valence electrons. The average Bonchev–Trinajstić information content (AvgIpc) is 3.18. The van der Waals surface area contributed by atoms with Gasteiger partial charge in [-0.05, 0) is 48.4 Å². The first-order chi connectivity index (χ1) is 15.9. The lowest BCUT2D eigenvalue weighted by atomic mass is 10.0. The van der Waals surface area contributed by atoms with Crippen LogP contribution in [0.25, 0.3) is 33.3 Å². The summed E-state index contributed by atoms with van der Waals surface area (Å²) >= 11 is 0. The van der Waals surface area contributed by atoms with Crippen LogP contribution in [0.3, 0.4) is 0 Å². The van der Waals surface area contributed by atoms with Crippen molar-refractivity contribution < 1.29 is 9.21 Å². The van der Waals surface area contributed by atoms with Gasteiger partial charge >= 0.3 is 0 Å². The van der Waals surface area contributed by atoms with Crippen molar-refractivity contribution in [3.63, 3.8) is 0 Å². The van der Waals surface area contributed by atoms with E-state index in [1.54, 1.807) is 0 Å². The molecule has 1 aliphatic rings. The molecular weight excluding hydrogens is 416 g/mol. The van der Waals surface area contributed by atoms with Crippen LogP contribution in [0.4, 0.5) is 11.8 Å². The van der Waals surface area contributed by atoms with Gasteiger partial charge in [-0.15, -0.1) is 0 Å². The van der Waals surface area contributed by atoms with Gasteiger partial charge in [0.25, 0.3) is 6.01 Å². The summed E-state index contributed by atoms with van der Waals surface area (Å²) in [5, 5.41) is 0. The Balaban J connectivity index is 0.000000385. The first-order valence-electron chi connectivity index (χ1n) is 11.2. The molecule has 8 heteroatoms. The lowest BCUT2D eigenvalue weighted by Gasteiger charge is -2.33. The predicted octanol–water partition coefficient (Wildman–Crippen LogP) is 4.00. The van der Waals surface area contributed by atoms with Crippen molar-refractivity contribution >= 4 is 40.3 Å². The lowest BCUT2D eigenvalue weighted by Crippen LogP contribution is -2.44. The normalized spacial score (nSPS) is 14.5. The molecule has 2 aromatic heterocycles. The van der Waals surface area contributed by atoms with Gasteiger partial charge in [0, 0.05) is 32.6 Å². The van der Waals surface area contributed by atoms with E-state index < -0.39 is 0 Å². The summed E-state index contributed by atoms with van der Waals surface area (Å²) in [6.07, 6.45) is 3.52. The lowest BCUT2D eigenvalue weighted by molar-refractivity contribution is -0.108. The minimum absolute atomic E-state index is 0.184. The number of carbonyl (C=O) groups excluding carboxylic acids is 1. The fourth-order valence-electron chi connectivity index (χ4n) is 3.69. The Bertz CT molecular complexity index is 1240. The second-order valence-electron chi connectivity index (χ2n) is 8.75. The Morgan fingerprint density at radius 1 is 1.00 bits per heavy atom. The molecule has 1 saturated heterocycles. The Hall–Kier alpha value is -3.52. The van der Waals surface area contributed by atoms with Gasteiger partial charge in [-0.3, -0.25) is 4.98 Å². The number of likely N-dealkylation sites (N-methyl/N-ethyl adjacent to an activating group) is 1. The Morgan fingerprint density at radius 3 is 2.36 bits per heavy atom. The summed E-state index contributed by atoms with van der Waals surface area (Å²) in [5.74, 6) is 1.47. The van der Waals surface area contributed by atoms with Crippen LogP contribution >= 0.6 is 0 Å². The molecule has 1 aliphatic heterocycles. The molecule has 0 atom stereocenters. The quantitative estimate of drug-likeness (QED) is 0.469. The summed E-state index contributed by atoms with van der Waals surface area (Å²) in [6.45, 7) is 8.07. The highest BCUT2D eigenvalue weighted by Crippen LogP contribution is 2.28. The minimum atomic E-state index is 0.184. The molecule has 4 aromatic rings. The van der Waals surface area contributed by atoms with Crippen molar-refractivity contribution in [3.05, 3.63) is 42.6 Å². The highest BCUT2D eigenvalue weighted by atomic mass is 16.4. The van der Waals surface area contributed by atoms with E-state index in [9.17, 15) is 4.79 Å². The number of piperazine rings is 1. The molecule has 33 heavy (non-hydrogen) atoms. The number of nitrogens with zero attached hydrogens (tertiary/aromatic N) is 5. The summed E-state index contributed by atoms with van der Waals surface area (Å²) < 4.78 is 5.35. The SMILES string of the molecule is CC(C)CC=O.CN1CCN(c2cnc3ccc(-c4ccc5oc(N)nc5c4)cc3n2)CC1. The van der Waals surface area contributed by atoms with E-state index in [1.807, 2.05) is 44.3 Å². The first kappa shape index (κ1) is 22.7. The van der Waals surface area contributed by atoms with Crippen LogP contribution < -0.4 is 10.6 Å². The number of aldehydes is 1. The van der Waals surface area contributed by atoms with Crippen molar-refractivity contribution in [1.82, 2.24) is 19.9 Å². The molecule has 0 aliphatic carbocycles. The monoisotopic (exact) mass is 446 g/mol. The molecule has 0 unspecified atom stereocenters. The Labute approximate surface area is 193 Å². The van der Waals surface area contributed by atoms with Crippen molar-refractivity contribution in [1.29, 1.82) is 0 Å². The van der Waals surface area contributed by atoms with Crippen LogP contribution in [0.15, 0.2) is 47.0 Å². The second-order valence-corrected chi connectivity index (χ2v) is 8.75. The van der Waals surface area contributed by atoms with E-state index >= 15 is 0 Å². The molecule has 3 heterocycles. The maximum atomic E-state index is 9.62. The molecule has 0 radical (unpaired) electrons. The smallest absolute Gasteiger partial charge is 0.292 e. The number of nitrogens with two attached hydrogens (primary N) is 1. The highest BCUT2D eigenvalue weighted by Gasteiger charge is 2.16. The van der Waals surface area contributed by atoms with Crippen molar-refractivity contribution in [2.45, 2.75) is 20.3 Å². The van der Waals surface area contributed by atoms with Crippen LogP contribution in [0, 0.1) is 5.92 Å². The zero-order chi connectivity index (χ0) is 23.4. The summed E-state index contributed by atoms with van der Waals surface area (Å²) in [6, 6.07) is 12.2. The third-order valence-corrected chi connectivity index (χ3v) is 5.66. The fourth-order valence-corrected chi connectivity index (χ4v) is 3.69. The van der Waals surface area contributed by atoms with E-state index in [0.717, 1.165) is 66.0 Å². The number of hydrogen-bond donors (Lipinski definition) is 1. The van der Waals surface area contributed by atoms with E-state index in [1.165, 1.54) is 0 Å². The number of benzene rings is 2. The highest BCUT2D eigenvalue weighted by molar-refractivity contribution is 5.86. The van der Waals surface area contributed by atoms with E-state index in [2.05, 4.69) is 38.9 Å². The summed E-state index contributed by atoms with van der Waals surface area (Å²) in [5.41, 5.74) is 11.0. The first-order valence-corrected chi connectivity index (χ1v) is 11.2. The van der Waals surface area contributed by atoms with Crippen LogP contribution in [0.2, 0.25) is 0 Å². The van der Waals surface area contributed by atoms with Gasteiger partial charge in [-0.25, -0.2) is 4.98 Å². The van der Waals surface area contributed by atoms with Crippen molar-refractivity contribution in [2.75, 3.05) is 43.9 Å². The zero-order valence-corrected chi connectivity index (χ0v) is 19.4. The van der Waals surface area contributed by atoms with E-state index in [0.29, 0.717) is 17.9 Å². The average molecular weight is 447 g/mol. The van der Waals surface area contributed by atoms with Gasteiger partial charge in [0.1, 0.15) is 17.6 Å². The molecule has 8 nitrogen and oxygen atoms in total. The number of oxazole rings is 1. The Kier molecular flexibility index (Phi) is 6.84. The third kappa shape index (κ3) is 5.46.